The Morgan fingerprint density at radius 2 is 1.93 bits per heavy atom. The summed E-state index contributed by atoms with van der Waals surface area (Å²) in [6, 6.07) is 6.93. The summed E-state index contributed by atoms with van der Waals surface area (Å²) in [5, 5.41) is 3.70. The van der Waals surface area contributed by atoms with Gasteiger partial charge in [-0.1, -0.05) is 32.0 Å². The highest BCUT2D eigenvalue weighted by Gasteiger charge is 2.45. The number of hydrogen-bond donors (Lipinski definition) is 4. The minimum atomic E-state index is -1.27. The average molecular weight is 370 g/mol. The highest BCUT2D eigenvalue weighted by molar-refractivity contribution is 5.95. The summed E-state index contributed by atoms with van der Waals surface area (Å²) in [6.45, 7) is 5.07. The summed E-state index contributed by atoms with van der Waals surface area (Å²) in [6.07, 6.45) is 0.624. The molecule has 6 N–H and O–H groups in total. The number of carbonyl (C=O) groups is 3. The van der Waals surface area contributed by atoms with E-state index in [9.17, 15) is 14.4 Å². The molecule has 0 saturated heterocycles. The third-order valence-corrected chi connectivity index (χ3v) is 5.55. The highest BCUT2D eigenvalue weighted by Crippen LogP contribution is 2.40. The predicted molar refractivity (Wildman–Crippen MR) is 103 cm³/mol. The van der Waals surface area contributed by atoms with Crippen molar-refractivity contribution >= 4 is 28.5 Å². The SMILES string of the molecule is CC(=O)C1(N)CC(C(=O)N[C@H](C(N)=O)C(C)C)Cc2c1[nH]c1ccccc21. The number of fused-ring (bicyclic) bond motifs is 3. The van der Waals surface area contributed by atoms with Gasteiger partial charge in [0.2, 0.25) is 11.8 Å². The molecule has 0 bridgehead atoms. The quantitative estimate of drug-likeness (QED) is 0.627. The van der Waals surface area contributed by atoms with E-state index in [0.717, 1.165) is 16.5 Å². The van der Waals surface area contributed by atoms with Crippen molar-refractivity contribution in [2.75, 3.05) is 0 Å². The van der Waals surface area contributed by atoms with E-state index in [1.165, 1.54) is 6.92 Å². The third kappa shape index (κ3) is 3.23. The number of primary amides is 1. The van der Waals surface area contributed by atoms with Crippen molar-refractivity contribution in [2.24, 2.45) is 23.3 Å². The van der Waals surface area contributed by atoms with Crippen molar-refractivity contribution < 1.29 is 14.4 Å². The van der Waals surface area contributed by atoms with Crippen LogP contribution < -0.4 is 16.8 Å². The number of nitrogens with two attached hydrogens (primary N) is 2. The fraction of sp³-hybridized carbons (Fsp3) is 0.450. The zero-order chi connectivity index (χ0) is 19.9. The summed E-state index contributed by atoms with van der Waals surface area (Å²) in [7, 11) is 0. The van der Waals surface area contributed by atoms with E-state index in [2.05, 4.69) is 10.3 Å². The van der Waals surface area contributed by atoms with Crippen molar-refractivity contribution in [3.63, 3.8) is 0 Å². The van der Waals surface area contributed by atoms with Gasteiger partial charge in [0.1, 0.15) is 11.6 Å². The minimum Gasteiger partial charge on any atom is -0.368 e. The van der Waals surface area contributed by atoms with Gasteiger partial charge in [-0.25, -0.2) is 0 Å². The Bertz CT molecular complexity index is 917. The second-order valence-corrected chi connectivity index (χ2v) is 7.79. The molecule has 3 rings (SSSR count). The molecule has 0 radical (unpaired) electrons. The first kappa shape index (κ1) is 19.1. The van der Waals surface area contributed by atoms with Crippen molar-refractivity contribution in [2.45, 2.75) is 45.2 Å². The lowest BCUT2D eigenvalue weighted by Gasteiger charge is -2.36. The summed E-state index contributed by atoms with van der Waals surface area (Å²) in [4.78, 5) is 40.2. The van der Waals surface area contributed by atoms with Crippen LogP contribution in [0.1, 0.15) is 38.4 Å². The highest BCUT2D eigenvalue weighted by atomic mass is 16.2. The van der Waals surface area contributed by atoms with E-state index >= 15 is 0 Å². The van der Waals surface area contributed by atoms with Gasteiger partial charge in [0.15, 0.2) is 5.78 Å². The van der Waals surface area contributed by atoms with Crippen LogP contribution in [-0.4, -0.2) is 28.6 Å². The number of carbonyl (C=O) groups excluding carboxylic acids is 3. The molecule has 27 heavy (non-hydrogen) atoms. The molecule has 1 heterocycles. The molecule has 7 nitrogen and oxygen atoms in total. The Labute approximate surface area is 157 Å². The Morgan fingerprint density at radius 1 is 1.26 bits per heavy atom. The molecule has 1 aromatic carbocycles. The Morgan fingerprint density at radius 3 is 2.52 bits per heavy atom. The fourth-order valence-electron chi connectivity index (χ4n) is 3.94. The van der Waals surface area contributed by atoms with Gasteiger partial charge in [0.25, 0.3) is 0 Å². The Hall–Kier alpha value is -2.67. The molecule has 2 unspecified atom stereocenters. The van der Waals surface area contributed by atoms with E-state index in [0.29, 0.717) is 12.1 Å². The largest absolute Gasteiger partial charge is 0.368 e. The molecule has 1 aliphatic carbocycles. The number of nitrogens with one attached hydrogen (secondary N) is 2. The molecule has 2 aromatic rings. The van der Waals surface area contributed by atoms with E-state index < -0.39 is 23.4 Å². The van der Waals surface area contributed by atoms with E-state index in [1.54, 1.807) is 0 Å². The first-order valence-corrected chi connectivity index (χ1v) is 9.14. The van der Waals surface area contributed by atoms with Crippen LogP contribution in [0.3, 0.4) is 0 Å². The molecule has 1 aromatic heterocycles. The van der Waals surface area contributed by atoms with Gasteiger partial charge in [-0.05, 0) is 37.3 Å². The van der Waals surface area contributed by atoms with Gasteiger partial charge in [-0.3, -0.25) is 14.4 Å². The minimum absolute atomic E-state index is 0.130. The molecule has 2 amide bonds. The number of para-hydroxylation sites is 1. The third-order valence-electron chi connectivity index (χ3n) is 5.55. The molecule has 3 atom stereocenters. The molecule has 0 aliphatic heterocycles. The van der Waals surface area contributed by atoms with Crippen LogP contribution in [0.2, 0.25) is 0 Å². The normalized spacial score (nSPS) is 23.1. The van der Waals surface area contributed by atoms with Crippen LogP contribution in [0.15, 0.2) is 24.3 Å². The summed E-state index contributed by atoms with van der Waals surface area (Å²) in [5.41, 5.74) is 13.1. The van der Waals surface area contributed by atoms with Crippen LogP contribution in [0.5, 0.6) is 0 Å². The molecular weight excluding hydrogens is 344 g/mol. The van der Waals surface area contributed by atoms with E-state index in [1.807, 2.05) is 38.1 Å². The summed E-state index contributed by atoms with van der Waals surface area (Å²) < 4.78 is 0. The van der Waals surface area contributed by atoms with Gasteiger partial charge < -0.3 is 21.8 Å². The number of hydrogen-bond acceptors (Lipinski definition) is 4. The number of benzene rings is 1. The number of Topliss-reactive ketones (excluding diaryl/α,β-unsaturated/α-hetero) is 1. The van der Waals surface area contributed by atoms with Crippen LogP contribution in [0.4, 0.5) is 0 Å². The fourth-order valence-corrected chi connectivity index (χ4v) is 3.94. The molecule has 0 saturated carbocycles. The number of aromatic amines is 1. The first-order valence-electron chi connectivity index (χ1n) is 9.14. The maximum absolute atomic E-state index is 12.9. The van der Waals surface area contributed by atoms with Gasteiger partial charge >= 0.3 is 0 Å². The zero-order valence-corrected chi connectivity index (χ0v) is 15.8. The zero-order valence-electron chi connectivity index (χ0n) is 15.8. The predicted octanol–water partition coefficient (Wildman–Crippen LogP) is 1.10. The van der Waals surface area contributed by atoms with Crippen LogP contribution in [0.25, 0.3) is 10.9 Å². The van der Waals surface area contributed by atoms with Crippen LogP contribution >= 0.6 is 0 Å². The smallest absolute Gasteiger partial charge is 0.240 e. The summed E-state index contributed by atoms with van der Waals surface area (Å²) in [5.74, 6) is -1.74. The molecule has 1 aliphatic rings. The van der Waals surface area contributed by atoms with Crippen LogP contribution in [-0.2, 0) is 26.3 Å². The van der Waals surface area contributed by atoms with Crippen molar-refractivity contribution in [3.05, 3.63) is 35.5 Å². The number of amides is 2. The topological polar surface area (TPSA) is 131 Å². The Kier molecular flexibility index (Phi) is 4.82. The van der Waals surface area contributed by atoms with Gasteiger partial charge in [-0.15, -0.1) is 0 Å². The monoisotopic (exact) mass is 370 g/mol. The van der Waals surface area contributed by atoms with E-state index in [-0.39, 0.29) is 24.0 Å². The van der Waals surface area contributed by atoms with Crippen molar-refractivity contribution in [1.82, 2.24) is 10.3 Å². The number of H-pyrrole nitrogens is 1. The number of rotatable bonds is 5. The number of aromatic nitrogens is 1. The molecule has 144 valence electrons. The number of ketones is 1. The van der Waals surface area contributed by atoms with Crippen molar-refractivity contribution in [1.29, 1.82) is 0 Å². The van der Waals surface area contributed by atoms with Gasteiger partial charge in [-0.2, -0.15) is 0 Å². The second-order valence-electron chi connectivity index (χ2n) is 7.79. The molecule has 0 spiro atoms. The first-order chi connectivity index (χ1) is 12.6. The average Bonchev–Trinajstić information content (AvgIpc) is 2.98. The molecule has 7 heteroatoms. The van der Waals surface area contributed by atoms with Crippen LogP contribution in [0, 0.1) is 11.8 Å². The summed E-state index contributed by atoms with van der Waals surface area (Å²) >= 11 is 0. The standard InChI is InChI=1S/C20H26N4O3/c1-10(2)16(18(21)26)24-19(27)12-8-14-13-6-4-5-7-15(13)23-17(14)20(22,9-12)11(3)25/h4-7,10,12,16,23H,8-9,22H2,1-3H3,(H2,21,26)(H,24,27)/t12?,16-,20?/m0/s1. The maximum Gasteiger partial charge on any atom is 0.240 e. The maximum atomic E-state index is 12.9. The second kappa shape index (κ2) is 6.81. The van der Waals surface area contributed by atoms with Gasteiger partial charge in [0.05, 0.1) is 0 Å². The van der Waals surface area contributed by atoms with Crippen molar-refractivity contribution in [3.8, 4) is 0 Å². The van der Waals surface area contributed by atoms with Gasteiger partial charge in [0, 0.05) is 22.5 Å². The molecular formula is C20H26N4O3. The van der Waals surface area contributed by atoms with E-state index in [4.69, 9.17) is 11.5 Å². The lowest BCUT2D eigenvalue weighted by Crippen LogP contribution is -2.54. The lowest BCUT2D eigenvalue weighted by atomic mass is 9.72. The lowest BCUT2D eigenvalue weighted by molar-refractivity contribution is -0.132. The Balaban J connectivity index is 2.00. The molecule has 0 fully saturated rings.